The van der Waals surface area contributed by atoms with Crippen LogP contribution < -0.4 is 31.9 Å². The molecule has 2 aliphatic carbocycles. The first-order valence-corrected chi connectivity index (χ1v) is 23.3. The van der Waals surface area contributed by atoms with Crippen LogP contribution in [-0.4, -0.2) is 121 Å². The minimum absolute atomic E-state index is 0.0438. The summed E-state index contributed by atoms with van der Waals surface area (Å²) in [5.74, 6) is 9.25. The van der Waals surface area contributed by atoms with Gasteiger partial charge < -0.3 is 46.4 Å². The molecular formula is C50H66N8O7. The SMILES string of the molecule is CN[C@H](C)C(=O)N[C@@H](CC#CC#CCO[C@H](C)[C@H](NC(=O)[C@@H](C)NC)C(=O)N1CCC[C@@H]1C(=O)N[C@@H]1CCCc2ccccc21)C(=O)N1CCC[C@@H]1C(=O)N[C@@H]1CCCc2ccccc21. The van der Waals surface area contributed by atoms with E-state index in [1.165, 1.54) is 11.1 Å². The van der Waals surface area contributed by atoms with Crippen molar-refractivity contribution in [2.75, 3.05) is 33.8 Å². The van der Waals surface area contributed by atoms with Gasteiger partial charge in [-0.15, -0.1) is 0 Å². The van der Waals surface area contributed by atoms with Crippen LogP contribution >= 0.6 is 0 Å². The van der Waals surface area contributed by atoms with E-state index < -0.39 is 54.2 Å². The molecule has 9 atom stereocenters. The van der Waals surface area contributed by atoms with E-state index in [0.29, 0.717) is 38.8 Å². The lowest BCUT2D eigenvalue weighted by atomic mass is 9.87. The van der Waals surface area contributed by atoms with Gasteiger partial charge in [-0.3, -0.25) is 28.8 Å². The molecule has 0 unspecified atom stereocenters. The number of nitrogens with one attached hydrogen (secondary N) is 6. The van der Waals surface area contributed by atoms with E-state index in [0.717, 1.165) is 49.7 Å². The van der Waals surface area contributed by atoms with Crippen LogP contribution in [0, 0.1) is 23.7 Å². The second-order valence-corrected chi connectivity index (χ2v) is 17.6. The Morgan fingerprint density at radius 2 is 1.14 bits per heavy atom. The maximum absolute atomic E-state index is 14.2. The Balaban J connectivity index is 1.08. The number of fused-ring (bicyclic) bond motifs is 2. The number of likely N-dealkylation sites (tertiary alicyclic amines) is 2. The second-order valence-electron chi connectivity index (χ2n) is 17.6. The number of hydrogen-bond donors (Lipinski definition) is 6. The van der Waals surface area contributed by atoms with Gasteiger partial charge in [0.25, 0.3) is 0 Å². The van der Waals surface area contributed by atoms with Crippen molar-refractivity contribution in [1.82, 2.24) is 41.7 Å². The highest BCUT2D eigenvalue weighted by Gasteiger charge is 2.42. The van der Waals surface area contributed by atoms with Crippen LogP contribution in [0.2, 0.25) is 0 Å². The van der Waals surface area contributed by atoms with Crippen molar-refractivity contribution in [3.8, 4) is 23.7 Å². The number of hydrogen-bond acceptors (Lipinski definition) is 9. The lowest BCUT2D eigenvalue weighted by Gasteiger charge is -2.33. The number of carbonyl (C=O) groups excluding carboxylic acids is 6. The Bertz CT molecular complexity index is 2180. The smallest absolute Gasteiger partial charge is 0.248 e. The van der Waals surface area contributed by atoms with Crippen molar-refractivity contribution < 1.29 is 33.5 Å². The average Bonchev–Trinajstić information content (AvgIpc) is 4.03. The quantitative estimate of drug-likeness (QED) is 0.138. The van der Waals surface area contributed by atoms with E-state index >= 15 is 0 Å². The molecule has 348 valence electrons. The van der Waals surface area contributed by atoms with Crippen molar-refractivity contribution in [2.45, 2.75) is 146 Å². The zero-order chi connectivity index (χ0) is 46.5. The van der Waals surface area contributed by atoms with Gasteiger partial charge in [0.05, 0.1) is 30.3 Å². The third kappa shape index (κ3) is 12.3. The summed E-state index contributed by atoms with van der Waals surface area (Å²) in [6, 6.07) is 11.4. The first-order valence-electron chi connectivity index (χ1n) is 23.3. The maximum atomic E-state index is 14.2. The predicted octanol–water partition coefficient (Wildman–Crippen LogP) is 2.34. The third-order valence-electron chi connectivity index (χ3n) is 13.3. The molecule has 6 rings (SSSR count). The van der Waals surface area contributed by atoms with Crippen molar-refractivity contribution in [2.24, 2.45) is 0 Å². The summed E-state index contributed by atoms with van der Waals surface area (Å²) in [5.41, 5.74) is 4.68. The standard InChI is InChI=1S/C50H66N8O7/c1-32(51-4)45(59)55-41(49(63)57-29-16-27-42(57)47(61)53-39-25-14-20-35-18-9-11-22-37(35)39)24-8-6-7-13-31-65-34(3)44(56-46(60)33(2)52-5)50(64)58-30-17-28-43(58)48(62)54-40-26-15-21-36-19-10-12-23-38(36)40/h9-12,18-19,22-23,32-34,39-44,51-52H,14-17,20-21,24-31H2,1-5H3,(H,53,61)(H,54,62)(H,55,59)(H,56,60)/t32-,33-,34-,39-,40-,41+,42-,43-,44+/m1/s1. The zero-order valence-electron chi connectivity index (χ0n) is 38.5. The summed E-state index contributed by atoms with van der Waals surface area (Å²) in [7, 11) is 3.30. The number of nitrogens with zero attached hydrogens (tertiary/aromatic N) is 2. The van der Waals surface area contributed by atoms with Crippen molar-refractivity contribution in [1.29, 1.82) is 0 Å². The topological polar surface area (TPSA) is 190 Å². The minimum Gasteiger partial charge on any atom is -0.363 e. The summed E-state index contributed by atoms with van der Waals surface area (Å²) in [6.45, 7) is 5.67. The molecule has 0 aromatic heterocycles. The first kappa shape index (κ1) is 48.7. The monoisotopic (exact) mass is 891 g/mol. The normalized spacial score (nSPS) is 22.2. The Kier molecular flexibility index (Phi) is 17.6. The van der Waals surface area contributed by atoms with Crippen LogP contribution in [0.4, 0.5) is 0 Å². The van der Waals surface area contributed by atoms with E-state index in [9.17, 15) is 28.8 Å². The van der Waals surface area contributed by atoms with Gasteiger partial charge in [0, 0.05) is 19.5 Å². The molecule has 2 aliphatic heterocycles. The summed E-state index contributed by atoms with van der Waals surface area (Å²) in [4.78, 5) is 85.1. The Hall–Kier alpha value is -5.74. The Morgan fingerprint density at radius 1 is 0.646 bits per heavy atom. The lowest BCUT2D eigenvalue weighted by molar-refractivity contribution is -0.145. The van der Waals surface area contributed by atoms with Gasteiger partial charge >= 0.3 is 0 Å². The number of carbonyl (C=O) groups is 6. The molecule has 2 aromatic rings. The molecule has 0 bridgehead atoms. The average molecular weight is 891 g/mol. The van der Waals surface area contributed by atoms with Crippen LogP contribution in [0.5, 0.6) is 0 Å². The van der Waals surface area contributed by atoms with Gasteiger partial charge in [0.2, 0.25) is 35.4 Å². The molecule has 2 saturated heterocycles. The molecule has 2 heterocycles. The van der Waals surface area contributed by atoms with Crippen LogP contribution in [0.1, 0.15) is 113 Å². The van der Waals surface area contributed by atoms with E-state index in [2.05, 4.69) is 67.7 Å². The molecule has 6 N–H and O–H groups in total. The number of ether oxygens (including phenoxy) is 1. The zero-order valence-corrected chi connectivity index (χ0v) is 38.5. The number of likely N-dealkylation sites (N-methyl/N-ethyl adjacent to an activating group) is 2. The van der Waals surface area contributed by atoms with Crippen molar-refractivity contribution >= 4 is 35.4 Å². The van der Waals surface area contributed by atoms with Gasteiger partial charge in [-0.1, -0.05) is 60.4 Å². The van der Waals surface area contributed by atoms with Crippen LogP contribution in [0.15, 0.2) is 48.5 Å². The lowest BCUT2D eigenvalue weighted by Crippen LogP contribution is -2.59. The fourth-order valence-electron chi connectivity index (χ4n) is 9.29. The summed E-state index contributed by atoms with van der Waals surface area (Å²) >= 11 is 0. The van der Waals surface area contributed by atoms with E-state index in [-0.39, 0.29) is 48.7 Å². The molecule has 15 nitrogen and oxygen atoms in total. The highest BCUT2D eigenvalue weighted by Crippen LogP contribution is 2.32. The fraction of sp³-hybridized carbons (Fsp3) is 0.560. The maximum Gasteiger partial charge on any atom is 0.248 e. The van der Waals surface area contributed by atoms with E-state index in [1.54, 1.807) is 44.7 Å². The first-order chi connectivity index (χ1) is 31.4. The van der Waals surface area contributed by atoms with Gasteiger partial charge in [-0.2, -0.15) is 0 Å². The second kappa shape index (κ2) is 23.4. The van der Waals surface area contributed by atoms with E-state index in [1.807, 2.05) is 36.4 Å². The van der Waals surface area contributed by atoms with Crippen LogP contribution in [-0.2, 0) is 46.3 Å². The minimum atomic E-state index is -1.10. The van der Waals surface area contributed by atoms with Gasteiger partial charge in [-0.05, 0) is 133 Å². The Morgan fingerprint density at radius 3 is 1.68 bits per heavy atom. The van der Waals surface area contributed by atoms with Gasteiger partial charge in [0.1, 0.15) is 30.8 Å². The molecule has 15 heteroatoms. The highest BCUT2D eigenvalue weighted by molar-refractivity contribution is 5.95. The summed E-state index contributed by atoms with van der Waals surface area (Å²) < 4.78 is 6.00. The molecule has 2 aromatic carbocycles. The molecule has 6 amide bonds. The molecule has 0 spiro atoms. The van der Waals surface area contributed by atoms with Crippen molar-refractivity contribution in [3.05, 3.63) is 70.8 Å². The highest BCUT2D eigenvalue weighted by atomic mass is 16.5. The number of benzene rings is 2. The molecular weight excluding hydrogens is 825 g/mol. The summed E-state index contributed by atoms with van der Waals surface area (Å²) in [6.07, 6.45) is 6.97. The largest absolute Gasteiger partial charge is 0.363 e. The molecule has 2 fully saturated rings. The molecule has 0 radical (unpaired) electrons. The number of amides is 6. The fourth-order valence-corrected chi connectivity index (χ4v) is 9.29. The predicted molar refractivity (Wildman–Crippen MR) is 246 cm³/mol. The summed E-state index contributed by atoms with van der Waals surface area (Å²) in [5, 5.41) is 17.9. The van der Waals surface area contributed by atoms with Crippen LogP contribution in [0.25, 0.3) is 0 Å². The molecule has 65 heavy (non-hydrogen) atoms. The van der Waals surface area contributed by atoms with Crippen LogP contribution in [0.3, 0.4) is 0 Å². The van der Waals surface area contributed by atoms with Gasteiger partial charge in [-0.25, -0.2) is 0 Å². The van der Waals surface area contributed by atoms with Crippen molar-refractivity contribution in [3.63, 3.8) is 0 Å². The molecule has 4 aliphatic rings. The number of aryl methyl sites for hydroxylation is 2. The van der Waals surface area contributed by atoms with Gasteiger partial charge in [0.15, 0.2) is 0 Å². The molecule has 0 saturated carbocycles. The Labute approximate surface area is 383 Å². The van der Waals surface area contributed by atoms with E-state index in [4.69, 9.17) is 4.74 Å². The number of rotatable bonds is 16. The third-order valence-corrected chi connectivity index (χ3v) is 13.3.